The topological polar surface area (TPSA) is 176 Å². The molecule has 5 atom stereocenters. The first-order chi connectivity index (χ1) is 14.0. The Bertz CT molecular complexity index is 700. The minimum Gasteiger partial charge on any atom is -0.391 e. The van der Waals surface area contributed by atoms with Gasteiger partial charge in [-0.05, 0) is 46.1 Å². The Kier molecular flexibility index (Phi) is 7.67. The van der Waals surface area contributed by atoms with E-state index in [4.69, 9.17) is 11.5 Å². The number of aliphatic hydroxyl groups excluding tert-OH is 1. The van der Waals surface area contributed by atoms with E-state index >= 15 is 0 Å². The van der Waals surface area contributed by atoms with Gasteiger partial charge in [0, 0.05) is 13.1 Å². The van der Waals surface area contributed by atoms with Gasteiger partial charge in [-0.3, -0.25) is 24.1 Å². The average Bonchev–Trinajstić information content (AvgIpc) is 3.34. The van der Waals surface area contributed by atoms with Crippen LogP contribution in [0.25, 0.3) is 0 Å². The number of likely N-dealkylation sites (tertiary alicyclic amines) is 2. The van der Waals surface area contributed by atoms with Crippen LogP contribution < -0.4 is 16.8 Å². The molecule has 0 aliphatic carbocycles. The van der Waals surface area contributed by atoms with Crippen LogP contribution in [-0.2, 0) is 24.0 Å². The minimum atomic E-state index is -1.50. The normalized spacial score (nSPS) is 25.9. The third-order valence-corrected chi connectivity index (χ3v) is 5.94. The van der Waals surface area contributed by atoms with Crippen LogP contribution in [-0.4, -0.2) is 94.1 Å². The zero-order valence-electron chi connectivity index (χ0n) is 17.4. The first-order valence-corrected chi connectivity index (χ1v) is 10.1. The van der Waals surface area contributed by atoms with Gasteiger partial charge in [-0.2, -0.15) is 0 Å². The molecule has 6 N–H and O–H groups in total. The molecule has 2 aliphatic heterocycles. The van der Waals surface area contributed by atoms with E-state index in [2.05, 4.69) is 5.32 Å². The number of aliphatic hydroxyl groups is 1. The van der Waals surface area contributed by atoms with Crippen molar-refractivity contribution in [1.82, 2.24) is 15.1 Å². The molecule has 3 amide bonds. The number of carbonyl (C=O) groups is 5. The molecule has 0 saturated carbocycles. The summed E-state index contributed by atoms with van der Waals surface area (Å²) in [5, 5.41) is 12.2. The number of nitrogens with one attached hydrogen (secondary N) is 1. The predicted octanol–water partition coefficient (Wildman–Crippen LogP) is -2.72. The van der Waals surface area contributed by atoms with Gasteiger partial charge < -0.3 is 31.6 Å². The highest BCUT2D eigenvalue weighted by Gasteiger charge is 2.44. The Morgan fingerprint density at radius 2 is 1.80 bits per heavy atom. The molecule has 2 heterocycles. The lowest BCUT2D eigenvalue weighted by Crippen LogP contribution is -2.61. The average molecular weight is 425 g/mol. The number of hydrogen-bond donors (Lipinski definition) is 4. The number of primary amides is 1. The summed E-state index contributed by atoms with van der Waals surface area (Å²) >= 11 is 0. The summed E-state index contributed by atoms with van der Waals surface area (Å²) in [6.07, 6.45) is 1.65. The minimum absolute atomic E-state index is 0.0172. The van der Waals surface area contributed by atoms with Gasteiger partial charge in [-0.15, -0.1) is 0 Å². The Hall–Kier alpha value is -2.37. The lowest BCUT2D eigenvalue weighted by molar-refractivity contribution is -0.143. The van der Waals surface area contributed by atoms with Gasteiger partial charge in [0.15, 0.2) is 11.8 Å². The number of hydrogen-bond acceptors (Lipinski definition) is 8. The van der Waals surface area contributed by atoms with Crippen LogP contribution in [0.3, 0.4) is 0 Å². The predicted molar refractivity (Wildman–Crippen MR) is 106 cm³/mol. The molecule has 168 valence electrons. The van der Waals surface area contributed by atoms with E-state index in [9.17, 15) is 29.1 Å². The van der Waals surface area contributed by atoms with E-state index in [0.29, 0.717) is 45.1 Å². The van der Waals surface area contributed by atoms with E-state index in [0.717, 1.165) is 6.92 Å². The SMILES string of the molecule is CC(=O)[C@H](NC(=O)[C@@H]1CCCN1C(=O)[C@@H]1CCCN1CC(N)(C=O)[C@@H](C)O)C(N)=O. The fourth-order valence-electron chi connectivity index (χ4n) is 4.02. The third kappa shape index (κ3) is 5.02. The molecule has 2 rings (SSSR count). The van der Waals surface area contributed by atoms with Crippen molar-refractivity contribution in [3.63, 3.8) is 0 Å². The number of nitrogens with two attached hydrogens (primary N) is 2. The molecule has 30 heavy (non-hydrogen) atoms. The highest BCUT2D eigenvalue weighted by Crippen LogP contribution is 2.26. The molecule has 0 aromatic carbocycles. The van der Waals surface area contributed by atoms with E-state index in [1.54, 1.807) is 4.90 Å². The van der Waals surface area contributed by atoms with Crippen LogP contribution in [0.1, 0.15) is 39.5 Å². The molecule has 0 aromatic heterocycles. The smallest absolute Gasteiger partial charge is 0.247 e. The molecule has 2 aliphatic rings. The second-order valence-electron chi connectivity index (χ2n) is 8.18. The van der Waals surface area contributed by atoms with Crippen LogP contribution in [0.15, 0.2) is 0 Å². The van der Waals surface area contributed by atoms with Crippen molar-refractivity contribution in [1.29, 1.82) is 0 Å². The molecule has 1 unspecified atom stereocenters. The van der Waals surface area contributed by atoms with E-state index in [1.807, 2.05) is 0 Å². The molecular weight excluding hydrogens is 394 g/mol. The first-order valence-electron chi connectivity index (χ1n) is 10.1. The zero-order valence-corrected chi connectivity index (χ0v) is 17.4. The van der Waals surface area contributed by atoms with Crippen molar-refractivity contribution in [2.75, 3.05) is 19.6 Å². The second-order valence-corrected chi connectivity index (χ2v) is 8.18. The lowest BCUT2D eigenvalue weighted by Gasteiger charge is -2.36. The maximum absolute atomic E-state index is 13.2. The molecule has 0 aromatic rings. The number of rotatable bonds is 9. The number of ketones is 1. The van der Waals surface area contributed by atoms with Crippen LogP contribution in [0.5, 0.6) is 0 Å². The van der Waals surface area contributed by atoms with E-state index in [-0.39, 0.29) is 12.5 Å². The third-order valence-electron chi connectivity index (χ3n) is 5.94. The number of aldehydes is 1. The summed E-state index contributed by atoms with van der Waals surface area (Å²) in [4.78, 5) is 63.5. The Morgan fingerprint density at radius 3 is 2.33 bits per heavy atom. The highest BCUT2D eigenvalue weighted by atomic mass is 16.3. The lowest BCUT2D eigenvalue weighted by atomic mass is 9.95. The summed E-state index contributed by atoms with van der Waals surface area (Å²) in [6, 6.07) is -2.82. The Balaban J connectivity index is 2.12. The molecule has 2 fully saturated rings. The Labute approximate surface area is 175 Å². The van der Waals surface area contributed by atoms with Gasteiger partial charge >= 0.3 is 0 Å². The summed E-state index contributed by atoms with van der Waals surface area (Å²) in [5.41, 5.74) is 9.67. The summed E-state index contributed by atoms with van der Waals surface area (Å²) in [7, 11) is 0. The maximum atomic E-state index is 13.2. The van der Waals surface area contributed by atoms with Crippen molar-refractivity contribution < 1.29 is 29.1 Å². The van der Waals surface area contributed by atoms with E-state index < -0.39 is 47.4 Å². The standard InChI is InChI=1S/C19H31N5O6/c1-11(26)15(16(20)28)22-17(29)13-5-4-8-24(13)18(30)14-6-3-7-23(14)9-19(21,10-25)12(2)27/h10,12-15,27H,3-9,21H2,1-2H3,(H2,20,28)(H,22,29)/t12-,13+,14+,15+,19?/m1/s1. The van der Waals surface area contributed by atoms with Crippen LogP contribution >= 0.6 is 0 Å². The van der Waals surface area contributed by atoms with Gasteiger partial charge in [0.2, 0.25) is 17.7 Å². The maximum Gasteiger partial charge on any atom is 0.247 e. The molecule has 0 spiro atoms. The monoisotopic (exact) mass is 425 g/mol. The van der Waals surface area contributed by atoms with Gasteiger partial charge in [-0.1, -0.05) is 0 Å². The molecule has 11 nitrogen and oxygen atoms in total. The van der Waals surface area contributed by atoms with Gasteiger partial charge in [0.05, 0.1) is 12.1 Å². The number of Topliss-reactive ketones (excluding diaryl/α,β-unsaturated/α-hetero) is 1. The molecule has 0 radical (unpaired) electrons. The first kappa shape index (κ1) is 23.9. The summed E-state index contributed by atoms with van der Waals surface area (Å²) in [6.45, 7) is 3.49. The second kappa shape index (κ2) is 9.63. The largest absolute Gasteiger partial charge is 0.391 e. The number of carbonyl (C=O) groups excluding carboxylic acids is 5. The molecule has 2 saturated heterocycles. The van der Waals surface area contributed by atoms with Gasteiger partial charge in [-0.25, -0.2) is 0 Å². The number of nitrogens with zero attached hydrogens (tertiary/aromatic N) is 2. The van der Waals surface area contributed by atoms with Crippen molar-refractivity contribution in [2.45, 2.75) is 69.3 Å². The van der Waals surface area contributed by atoms with E-state index in [1.165, 1.54) is 11.8 Å². The number of amides is 3. The fourth-order valence-corrected chi connectivity index (χ4v) is 4.02. The highest BCUT2D eigenvalue weighted by molar-refractivity contribution is 6.07. The van der Waals surface area contributed by atoms with Crippen molar-refractivity contribution in [3.05, 3.63) is 0 Å². The van der Waals surface area contributed by atoms with Crippen molar-refractivity contribution in [3.8, 4) is 0 Å². The van der Waals surface area contributed by atoms with Crippen LogP contribution in [0.4, 0.5) is 0 Å². The quantitative estimate of drug-likeness (QED) is 0.227. The van der Waals surface area contributed by atoms with Crippen molar-refractivity contribution in [2.24, 2.45) is 11.5 Å². The van der Waals surface area contributed by atoms with Crippen molar-refractivity contribution >= 4 is 29.8 Å². The molecular formula is C19H31N5O6. The zero-order chi connectivity index (χ0) is 22.6. The fraction of sp³-hybridized carbons (Fsp3) is 0.737. The Morgan fingerprint density at radius 1 is 1.20 bits per heavy atom. The molecule has 0 bridgehead atoms. The molecule has 11 heteroatoms. The van der Waals surface area contributed by atoms with Gasteiger partial charge in [0.1, 0.15) is 17.9 Å². The van der Waals surface area contributed by atoms with Gasteiger partial charge in [0.25, 0.3) is 0 Å². The summed E-state index contributed by atoms with van der Waals surface area (Å²) < 4.78 is 0. The summed E-state index contributed by atoms with van der Waals surface area (Å²) in [5.74, 6) is -2.42. The van der Waals surface area contributed by atoms with Crippen LogP contribution in [0.2, 0.25) is 0 Å². The van der Waals surface area contributed by atoms with Crippen LogP contribution in [0, 0.1) is 0 Å².